The highest BCUT2D eigenvalue weighted by Crippen LogP contribution is 2.33. The fraction of sp³-hybridized carbons (Fsp3) is 0.385. The quantitative estimate of drug-likeness (QED) is 0.293. The number of hydrogen-bond donors (Lipinski definition) is 2. The standard InChI is InChI=1S/C26H28ClF3N2O5S/c1-16(10-17-6-8-20(9-7-17)37-14-24(35)36-2)32(12-22(33)18-4-3-5-19(27)11-18)13-23(34)21-15-38-25(31-21)26(28,29)30/h3-9,11,15-16,22-23,33-34H,10,12-14H2,1-2H3. The number of benzene rings is 2. The fourth-order valence-corrected chi connectivity index (χ4v) is 4.69. The van der Waals surface area contributed by atoms with E-state index in [0.29, 0.717) is 34.1 Å². The molecule has 3 rings (SSSR count). The third-order valence-corrected chi connectivity index (χ3v) is 6.96. The highest BCUT2D eigenvalue weighted by molar-refractivity contribution is 7.09. The van der Waals surface area contributed by atoms with Crippen LogP contribution in [0, 0.1) is 0 Å². The van der Waals surface area contributed by atoms with Crippen LogP contribution in [0.15, 0.2) is 53.9 Å². The van der Waals surface area contributed by atoms with E-state index in [4.69, 9.17) is 16.3 Å². The Morgan fingerprint density at radius 1 is 1.13 bits per heavy atom. The topological polar surface area (TPSA) is 92.1 Å². The number of aromatic nitrogens is 1. The highest BCUT2D eigenvalue weighted by atomic mass is 35.5. The van der Waals surface area contributed by atoms with Crippen molar-refractivity contribution in [1.82, 2.24) is 9.88 Å². The second kappa shape index (κ2) is 13.4. The van der Waals surface area contributed by atoms with Crippen LogP contribution in [0.25, 0.3) is 0 Å². The van der Waals surface area contributed by atoms with Gasteiger partial charge in [0.05, 0.1) is 18.9 Å². The zero-order valence-corrected chi connectivity index (χ0v) is 22.3. The van der Waals surface area contributed by atoms with Crippen LogP contribution in [0.2, 0.25) is 5.02 Å². The van der Waals surface area contributed by atoms with E-state index in [1.165, 1.54) is 12.5 Å². The summed E-state index contributed by atoms with van der Waals surface area (Å²) in [6.45, 7) is 1.71. The predicted octanol–water partition coefficient (Wildman–Crippen LogP) is 5.07. The van der Waals surface area contributed by atoms with Crippen LogP contribution in [0.1, 0.15) is 41.0 Å². The number of rotatable bonds is 12. The van der Waals surface area contributed by atoms with Crippen molar-refractivity contribution in [1.29, 1.82) is 0 Å². The Morgan fingerprint density at radius 3 is 2.42 bits per heavy atom. The Morgan fingerprint density at radius 2 is 1.82 bits per heavy atom. The molecular weight excluding hydrogens is 545 g/mol. The van der Waals surface area contributed by atoms with Crippen LogP contribution in [0.4, 0.5) is 13.2 Å². The summed E-state index contributed by atoms with van der Waals surface area (Å²) in [4.78, 5) is 16.6. The molecule has 206 valence electrons. The van der Waals surface area contributed by atoms with Gasteiger partial charge in [0.2, 0.25) is 0 Å². The van der Waals surface area contributed by atoms with Crippen LogP contribution in [-0.4, -0.2) is 58.9 Å². The Kier molecular flexibility index (Phi) is 10.5. The molecule has 2 aromatic carbocycles. The molecule has 1 heterocycles. The molecule has 0 amide bonds. The molecule has 0 aliphatic heterocycles. The molecule has 7 nitrogen and oxygen atoms in total. The smallest absolute Gasteiger partial charge is 0.443 e. The van der Waals surface area contributed by atoms with Crippen LogP contribution < -0.4 is 4.74 Å². The maximum atomic E-state index is 13.0. The molecule has 38 heavy (non-hydrogen) atoms. The number of hydrogen-bond acceptors (Lipinski definition) is 8. The molecule has 2 N–H and O–H groups in total. The molecule has 0 fully saturated rings. The number of aliphatic hydroxyl groups excluding tert-OH is 2. The number of aliphatic hydroxyl groups is 2. The number of carbonyl (C=O) groups excluding carboxylic acids is 1. The van der Waals surface area contributed by atoms with Gasteiger partial charge in [-0.1, -0.05) is 35.9 Å². The monoisotopic (exact) mass is 572 g/mol. The molecule has 0 saturated carbocycles. The summed E-state index contributed by atoms with van der Waals surface area (Å²) in [5.74, 6) is -0.0166. The van der Waals surface area contributed by atoms with Gasteiger partial charge in [-0.2, -0.15) is 13.2 Å². The first-order valence-electron chi connectivity index (χ1n) is 11.6. The average Bonchev–Trinajstić information content (AvgIpc) is 3.39. The van der Waals surface area contributed by atoms with Crippen LogP contribution in [0.3, 0.4) is 0 Å². The summed E-state index contributed by atoms with van der Waals surface area (Å²) in [6.07, 6.45) is -6.36. The van der Waals surface area contributed by atoms with Crippen LogP contribution >= 0.6 is 22.9 Å². The molecule has 0 spiro atoms. The van der Waals surface area contributed by atoms with Gasteiger partial charge in [0.1, 0.15) is 11.9 Å². The van der Waals surface area contributed by atoms with Gasteiger partial charge in [0.15, 0.2) is 11.6 Å². The first kappa shape index (κ1) is 29.9. The SMILES string of the molecule is COC(=O)COc1ccc(CC(C)N(CC(O)c2cccc(Cl)c2)CC(O)c2csc(C(F)(F)F)n2)cc1. The van der Waals surface area contributed by atoms with Gasteiger partial charge in [0.25, 0.3) is 0 Å². The lowest BCUT2D eigenvalue weighted by Gasteiger charge is -2.32. The van der Waals surface area contributed by atoms with Crippen LogP contribution in [0.5, 0.6) is 5.75 Å². The number of ether oxygens (including phenoxy) is 2. The lowest BCUT2D eigenvalue weighted by Crippen LogP contribution is -2.40. The number of thiazole rings is 1. The Hall–Kier alpha value is -2.70. The van der Waals surface area contributed by atoms with Crippen molar-refractivity contribution in [3.8, 4) is 5.75 Å². The molecule has 0 radical (unpaired) electrons. The summed E-state index contributed by atoms with van der Waals surface area (Å²) >= 11 is 6.48. The summed E-state index contributed by atoms with van der Waals surface area (Å²) in [7, 11) is 1.27. The molecule has 0 aliphatic rings. The summed E-state index contributed by atoms with van der Waals surface area (Å²) in [6, 6.07) is 13.6. The zero-order chi connectivity index (χ0) is 27.9. The largest absolute Gasteiger partial charge is 0.482 e. The normalized spacial score (nSPS) is 14.2. The van der Waals surface area contributed by atoms with E-state index in [-0.39, 0.29) is 31.4 Å². The van der Waals surface area contributed by atoms with Crippen molar-refractivity contribution in [2.45, 2.75) is 37.8 Å². The molecule has 3 aromatic rings. The second-order valence-electron chi connectivity index (χ2n) is 8.68. The van der Waals surface area contributed by atoms with Crippen molar-refractivity contribution in [2.24, 2.45) is 0 Å². The molecule has 0 aliphatic carbocycles. The van der Waals surface area contributed by atoms with Crippen molar-refractivity contribution >= 4 is 28.9 Å². The molecule has 3 unspecified atom stereocenters. The Balaban J connectivity index is 1.74. The van der Waals surface area contributed by atoms with E-state index in [0.717, 1.165) is 5.56 Å². The van der Waals surface area contributed by atoms with Gasteiger partial charge in [-0.25, -0.2) is 9.78 Å². The Bertz CT molecular complexity index is 1190. The lowest BCUT2D eigenvalue weighted by atomic mass is 10.0. The van der Waals surface area contributed by atoms with Gasteiger partial charge in [-0.05, 0) is 48.7 Å². The van der Waals surface area contributed by atoms with Crippen LogP contribution in [-0.2, 0) is 22.1 Å². The second-order valence-corrected chi connectivity index (χ2v) is 9.97. The third-order valence-electron chi connectivity index (χ3n) is 5.82. The fourth-order valence-electron chi connectivity index (χ4n) is 3.75. The number of methoxy groups -OCH3 is 1. The molecule has 0 bridgehead atoms. The van der Waals surface area contributed by atoms with Crippen molar-refractivity contribution in [3.63, 3.8) is 0 Å². The van der Waals surface area contributed by atoms with E-state index >= 15 is 0 Å². The summed E-state index contributed by atoms with van der Waals surface area (Å²) in [5, 5.41) is 22.3. The maximum absolute atomic E-state index is 13.0. The molecule has 12 heteroatoms. The number of esters is 1. The maximum Gasteiger partial charge on any atom is 0.443 e. The zero-order valence-electron chi connectivity index (χ0n) is 20.7. The summed E-state index contributed by atoms with van der Waals surface area (Å²) in [5.41, 5.74) is 1.40. The van der Waals surface area contributed by atoms with Gasteiger partial charge in [0, 0.05) is 29.5 Å². The number of alkyl halides is 3. The Labute approximate surface area is 227 Å². The van der Waals surface area contributed by atoms with Gasteiger partial charge >= 0.3 is 12.1 Å². The molecule has 1 aromatic heterocycles. The van der Waals surface area contributed by atoms with Gasteiger partial charge in [-0.3, -0.25) is 4.90 Å². The molecular formula is C26H28ClF3N2O5S. The average molecular weight is 573 g/mol. The predicted molar refractivity (Wildman–Crippen MR) is 137 cm³/mol. The first-order chi connectivity index (χ1) is 18.0. The highest BCUT2D eigenvalue weighted by Gasteiger charge is 2.35. The minimum absolute atomic E-state index is 0.0554. The van der Waals surface area contributed by atoms with E-state index in [9.17, 15) is 28.2 Å². The van der Waals surface area contributed by atoms with E-state index < -0.39 is 29.4 Å². The lowest BCUT2D eigenvalue weighted by molar-refractivity contribution is -0.143. The minimum Gasteiger partial charge on any atom is -0.482 e. The molecule has 0 saturated heterocycles. The summed E-state index contributed by atoms with van der Waals surface area (Å²) < 4.78 is 48.9. The van der Waals surface area contributed by atoms with Gasteiger partial charge < -0.3 is 19.7 Å². The first-order valence-corrected chi connectivity index (χ1v) is 12.9. The third kappa shape index (κ3) is 8.67. The van der Waals surface area contributed by atoms with Crippen molar-refractivity contribution < 1.29 is 37.7 Å². The van der Waals surface area contributed by atoms with E-state index in [1.54, 1.807) is 41.3 Å². The minimum atomic E-state index is -4.59. The van der Waals surface area contributed by atoms with Crippen molar-refractivity contribution in [2.75, 3.05) is 26.8 Å². The number of nitrogens with zero attached hydrogens (tertiary/aromatic N) is 2. The number of halogens is 4. The van der Waals surface area contributed by atoms with Gasteiger partial charge in [-0.15, -0.1) is 11.3 Å². The molecule has 3 atom stereocenters. The van der Waals surface area contributed by atoms with E-state index in [1.807, 2.05) is 19.1 Å². The van der Waals surface area contributed by atoms with Crippen molar-refractivity contribution in [3.05, 3.63) is 80.8 Å². The van der Waals surface area contributed by atoms with E-state index in [2.05, 4.69) is 9.72 Å². The number of carbonyl (C=O) groups is 1.